The maximum Gasteiger partial charge on any atom is 0.185 e. The van der Waals surface area contributed by atoms with Gasteiger partial charge in [0.15, 0.2) is 6.29 Å². The molecule has 1 rings (SSSR count). The van der Waals surface area contributed by atoms with Crippen LogP contribution in [0.5, 0.6) is 0 Å². The van der Waals surface area contributed by atoms with Gasteiger partial charge in [-0.2, -0.15) is 0 Å². The van der Waals surface area contributed by atoms with E-state index in [1.54, 1.807) is 6.08 Å². The lowest BCUT2D eigenvalue weighted by atomic mass is 10.2. The van der Waals surface area contributed by atoms with Crippen molar-refractivity contribution in [1.82, 2.24) is 0 Å². The molecular formula is C6H9ClO3. The smallest absolute Gasteiger partial charge is 0.185 e. The van der Waals surface area contributed by atoms with E-state index in [1.165, 1.54) is 6.08 Å². The molecular weight excluding hydrogens is 156 g/mol. The minimum atomic E-state index is -1.13. The van der Waals surface area contributed by atoms with E-state index >= 15 is 0 Å². The molecule has 3 atom stereocenters. The standard InChI is InChI=1S/C6H9ClO3/c7-3-4-1-2-5(8)6(9)10-4/h1-2,4-6,8-9H,3H2/t4-,5-,6?/m0/s1. The second-order valence-corrected chi connectivity index (χ2v) is 2.40. The number of rotatable bonds is 1. The van der Waals surface area contributed by atoms with Gasteiger partial charge in [0, 0.05) is 0 Å². The fraction of sp³-hybridized carbons (Fsp3) is 0.667. The van der Waals surface area contributed by atoms with Crippen LogP contribution in [0.4, 0.5) is 0 Å². The molecule has 2 N–H and O–H groups in total. The van der Waals surface area contributed by atoms with Crippen molar-refractivity contribution in [2.45, 2.75) is 18.5 Å². The van der Waals surface area contributed by atoms with E-state index in [0.29, 0.717) is 5.88 Å². The Bertz CT molecular complexity index is 137. The summed E-state index contributed by atoms with van der Waals surface area (Å²) in [5.74, 6) is 0.292. The number of aliphatic hydroxyl groups is 2. The van der Waals surface area contributed by atoms with Gasteiger partial charge in [-0.3, -0.25) is 0 Å². The number of hydrogen-bond acceptors (Lipinski definition) is 3. The predicted octanol–water partition coefficient (Wildman–Crippen LogP) is -0.141. The van der Waals surface area contributed by atoms with Crippen LogP contribution < -0.4 is 0 Å². The fourth-order valence-corrected chi connectivity index (χ4v) is 0.901. The molecule has 0 radical (unpaired) electrons. The van der Waals surface area contributed by atoms with Crippen molar-refractivity contribution in [1.29, 1.82) is 0 Å². The number of ether oxygens (including phenoxy) is 1. The molecule has 1 aliphatic heterocycles. The lowest BCUT2D eigenvalue weighted by Crippen LogP contribution is -2.35. The molecule has 0 bridgehead atoms. The summed E-state index contributed by atoms with van der Waals surface area (Å²) in [6.45, 7) is 0. The highest BCUT2D eigenvalue weighted by atomic mass is 35.5. The minimum Gasteiger partial charge on any atom is -0.384 e. The van der Waals surface area contributed by atoms with E-state index < -0.39 is 12.4 Å². The summed E-state index contributed by atoms with van der Waals surface area (Å²) >= 11 is 5.42. The van der Waals surface area contributed by atoms with Gasteiger partial charge in [-0.15, -0.1) is 11.6 Å². The molecule has 0 saturated heterocycles. The first-order valence-electron chi connectivity index (χ1n) is 3.00. The SMILES string of the molecule is OC1O[C@H](CCl)C=C[C@@H]1O. The van der Waals surface area contributed by atoms with E-state index in [1.807, 2.05) is 0 Å². The van der Waals surface area contributed by atoms with Gasteiger partial charge in [0.2, 0.25) is 0 Å². The average molecular weight is 165 g/mol. The number of halogens is 1. The maximum atomic E-state index is 8.90. The zero-order valence-electron chi connectivity index (χ0n) is 5.27. The Kier molecular flexibility index (Phi) is 2.68. The second-order valence-electron chi connectivity index (χ2n) is 2.09. The van der Waals surface area contributed by atoms with Crippen molar-refractivity contribution in [2.75, 3.05) is 5.88 Å². The lowest BCUT2D eigenvalue weighted by Gasteiger charge is -2.24. The normalized spacial score (nSPS) is 40.1. The molecule has 0 spiro atoms. The van der Waals surface area contributed by atoms with E-state index in [4.69, 9.17) is 26.6 Å². The summed E-state index contributed by atoms with van der Waals surface area (Å²) in [5, 5.41) is 17.8. The van der Waals surface area contributed by atoms with Crippen molar-refractivity contribution >= 4 is 11.6 Å². The monoisotopic (exact) mass is 164 g/mol. The zero-order chi connectivity index (χ0) is 7.56. The van der Waals surface area contributed by atoms with Gasteiger partial charge in [0.25, 0.3) is 0 Å². The third-order valence-corrected chi connectivity index (χ3v) is 1.59. The Morgan fingerprint density at radius 3 is 2.60 bits per heavy atom. The summed E-state index contributed by atoms with van der Waals surface area (Å²) < 4.78 is 4.83. The van der Waals surface area contributed by atoms with Gasteiger partial charge in [-0.05, 0) is 0 Å². The molecule has 1 aliphatic rings. The molecule has 0 fully saturated rings. The van der Waals surface area contributed by atoms with Gasteiger partial charge in [-0.25, -0.2) is 0 Å². The van der Waals surface area contributed by atoms with Crippen molar-refractivity contribution in [3.63, 3.8) is 0 Å². The van der Waals surface area contributed by atoms with Crippen LogP contribution in [0.25, 0.3) is 0 Å². The first-order valence-corrected chi connectivity index (χ1v) is 3.53. The van der Waals surface area contributed by atoms with Gasteiger partial charge < -0.3 is 14.9 Å². The van der Waals surface area contributed by atoms with Crippen LogP contribution in [0.1, 0.15) is 0 Å². The second kappa shape index (κ2) is 3.34. The number of hydrogen-bond donors (Lipinski definition) is 2. The Morgan fingerprint density at radius 1 is 1.40 bits per heavy atom. The van der Waals surface area contributed by atoms with Crippen LogP contribution in [-0.4, -0.2) is 34.6 Å². The Morgan fingerprint density at radius 2 is 2.10 bits per heavy atom. The van der Waals surface area contributed by atoms with Gasteiger partial charge in [0.1, 0.15) is 6.10 Å². The molecule has 58 valence electrons. The predicted molar refractivity (Wildman–Crippen MR) is 36.7 cm³/mol. The van der Waals surface area contributed by atoms with Gasteiger partial charge in [-0.1, -0.05) is 12.2 Å². The molecule has 0 saturated carbocycles. The van der Waals surface area contributed by atoms with E-state index in [9.17, 15) is 0 Å². The molecule has 4 heteroatoms. The summed E-state index contributed by atoms with van der Waals surface area (Å²) in [6.07, 6.45) is 0.777. The molecule has 10 heavy (non-hydrogen) atoms. The molecule has 3 nitrogen and oxygen atoms in total. The highest BCUT2D eigenvalue weighted by molar-refractivity contribution is 6.18. The molecule has 1 unspecified atom stereocenters. The van der Waals surface area contributed by atoms with Crippen LogP contribution >= 0.6 is 11.6 Å². The van der Waals surface area contributed by atoms with Gasteiger partial charge >= 0.3 is 0 Å². The highest BCUT2D eigenvalue weighted by Crippen LogP contribution is 2.11. The molecule has 0 aromatic rings. The molecule has 0 amide bonds. The summed E-state index contributed by atoms with van der Waals surface area (Å²) in [6, 6.07) is 0. The van der Waals surface area contributed by atoms with Crippen LogP contribution in [0.2, 0.25) is 0 Å². The quantitative estimate of drug-likeness (QED) is 0.419. The van der Waals surface area contributed by atoms with Gasteiger partial charge in [0.05, 0.1) is 12.0 Å². The van der Waals surface area contributed by atoms with Crippen molar-refractivity contribution in [2.24, 2.45) is 0 Å². The fourth-order valence-electron chi connectivity index (χ4n) is 0.726. The third kappa shape index (κ3) is 1.70. The number of alkyl halides is 1. The lowest BCUT2D eigenvalue weighted by molar-refractivity contribution is -0.168. The largest absolute Gasteiger partial charge is 0.384 e. The van der Waals surface area contributed by atoms with E-state index in [0.717, 1.165) is 0 Å². The van der Waals surface area contributed by atoms with Crippen molar-refractivity contribution in [3.05, 3.63) is 12.2 Å². The van der Waals surface area contributed by atoms with Crippen LogP contribution in [0, 0.1) is 0 Å². The topological polar surface area (TPSA) is 49.7 Å². The Hall–Kier alpha value is -0.0900. The Balaban J connectivity index is 2.51. The van der Waals surface area contributed by atoms with E-state index in [2.05, 4.69) is 0 Å². The van der Waals surface area contributed by atoms with E-state index in [-0.39, 0.29) is 6.10 Å². The van der Waals surface area contributed by atoms with Crippen LogP contribution in [-0.2, 0) is 4.74 Å². The summed E-state index contributed by atoms with van der Waals surface area (Å²) in [7, 11) is 0. The first kappa shape index (κ1) is 8.01. The molecule has 0 aromatic carbocycles. The summed E-state index contributed by atoms with van der Waals surface area (Å²) in [5.41, 5.74) is 0. The molecule has 1 heterocycles. The third-order valence-electron chi connectivity index (χ3n) is 1.28. The molecule has 0 aromatic heterocycles. The number of aliphatic hydroxyl groups excluding tert-OH is 2. The van der Waals surface area contributed by atoms with Crippen molar-refractivity contribution < 1.29 is 14.9 Å². The van der Waals surface area contributed by atoms with Crippen LogP contribution in [0.15, 0.2) is 12.2 Å². The summed E-state index contributed by atoms with van der Waals surface area (Å²) in [4.78, 5) is 0. The average Bonchev–Trinajstić information content (AvgIpc) is 1.95. The minimum absolute atomic E-state index is 0.278. The highest BCUT2D eigenvalue weighted by Gasteiger charge is 2.22. The zero-order valence-corrected chi connectivity index (χ0v) is 6.03. The first-order chi connectivity index (χ1) is 4.74. The maximum absolute atomic E-state index is 8.90. The Labute approximate surface area is 63.9 Å². The molecule has 0 aliphatic carbocycles. The van der Waals surface area contributed by atoms with Crippen LogP contribution in [0.3, 0.4) is 0 Å². The van der Waals surface area contributed by atoms with Crippen molar-refractivity contribution in [3.8, 4) is 0 Å².